The van der Waals surface area contributed by atoms with Crippen LogP contribution in [0.15, 0.2) is 42.5 Å². The van der Waals surface area contributed by atoms with Crippen LogP contribution in [-0.4, -0.2) is 33.0 Å². The van der Waals surface area contributed by atoms with Gasteiger partial charge in [-0.2, -0.15) is 0 Å². The largest absolute Gasteiger partial charge is 0.496 e. The van der Waals surface area contributed by atoms with Gasteiger partial charge in [0, 0.05) is 5.56 Å². The Bertz CT molecular complexity index is 969. The van der Waals surface area contributed by atoms with Gasteiger partial charge in [0.25, 0.3) is 11.6 Å². The number of ether oxygens (including phenoxy) is 1. The number of halogens is 3. The highest BCUT2D eigenvalue weighted by molar-refractivity contribution is 7.80. The number of rotatable bonds is 6. The predicted molar refractivity (Wildman–Crippen MR) is 122 cm³/mol. The lowest BCUT2D eigenvalue weighted by atomic mass is 10.1. The van der Waals surface area contributed by atoms with Gasteiger partial charge in [-0.05, 0) is 42.9 Å². The predicted octanol–water partition coefficient (Wildman–Crippen LogP) is 4.32. The van der Waals surface area contributed by atoms with Crippen molar-refractivity contribution in [2.24, 2.45) is 0 Å². The Balaban J connectivity index is 2.18. The molecule has 0 unspecified atom stereocenters. The van der Waals surface area contributed by atoms with Crippen molar-refractivity contribution in [3.05, 3.63) is 63.7 Å². The average Bonchev–Trinajstić information content (AvgIpc) is 2.67. The van der Waals surface area contributed by atoms with Gasteiger partial charge in [0.1, 0.15) is 17.6 Å². The summed E-state index contributed by atoms with van der Waals surface area (Å²) in [4.78, 5) is 23.3. The van der Waals surface area contributed by atoms with Crippen molar-refractivity contribution >= 4 is 69.4 Å². The first-order chi connectivity index (χ1) is 14.0. The number of hydrogen-bond acceptors (Lipinski definition) is 5. The summed E-state index contributed by atoms with van der Waals surface area (Å²) in [6.45, 7) is 1.77. The summed E-state index contributed by atoms with van der Waals surface area (Å²) in [5.74, 6) is -0.189. The van der Waals surface area contributed by atoms with E-state index in [2.05, 4.69) is 16.0 Å². The molecule has 8 nitrogen and oxygen atoms in total. The molecule has 2 aromatic carbocycles. The van der Waals surface area contributed by atoms with Gasteiger partial charge in [0.2, 0.25) is 3.79 Å². The van der Waals surface area contributed by atoms with Gasteiger partial charge in [0.05, 0.1) is 18.1 Å². The summed E-state index contributed by atoms with van der Waals surface area (Å²) in [6.07, 6.45) is -1.23. The van der Waals surface area contributed by atoms with E-state index in [0.29, 0.717) is 11.3 Å². The molecule has 3 N–H and O–H groups in total. The van der Waals surface area contributed by atoms with Gasteiger partial charge in [-0.1, -0.05) is 53.0 Å². The number of hydrogen-bond donors (Lipinski definition) is 3. The Morgan fingerprint density at radius 3 is 2.43 bits per heavy atom. The molecule has 0 saturated heterocycles. The first-order valence-electron chi connectivity index (χ1n) is 8.36. The minimum absolute atomic E-state index is 0.0894. The third kappa shape index (κ3) is 6.33. The number of benzene rings is 2. The molecule has 0 aliphatic heterocycles. The van der Waals surface area contributed by atoms with Crippen LogP contribution in [0, 0.1) is 17.0 Å². The molecule has 0 spiro atoms. The molecular weight excluding hydrogens is 475 g/mol. The number of anilines is 1. The van der Waals surface area contributed by atoms with Crippen molar-refractivity contribution in [1.29, 1.82) is 0 Å². The number of methoxy groups -OCH3 is 1. The van der Waals surface area contributed by atoms with E-state index < -0.39 is 20.8 Å². The lowest BCUT2D eigenvalue weighted by molar-refractivity contribution is -0.384. The van der Waals surface area contributed by atoms with Crippen molar-refractivity contribution < 1.29 is 14.5 Å². The average molecular weight is 492 g/mol. The molecule has 0 aromatic heterocycles. The fraction of sp³-hybridized carbons (Fsp3) is 0.222. The monoisotopic (exact) mass is 490 g/mol. The topological polar surface area (TPSA) is 106 Å². The van der Waals surface area contributed by atoms with Crippen molar-refractivity contribution in [2.45, 2.75) is 16.9 Å². The fourth-order valence-electron chi connectivity index (χ4n) is 2.42. The van der Waals surface area contributed by atoms with Crippen LogP contribution in [0.1, 0.15) is 15.9 Å². The maximum atomic E-state index is 12.6. The number of thiocarbonyl (C=S) groups is 1. The molecule has 0 radical (unpaired) electrons. The molecule has 2 rings (SSSR count). The normalized spacial score (nSPS) is 11.9. The molecular formula is C18H17Cl3N4O4S. The molecule has 2 aromatic rings. The number of nitrogens with one attached hydrogen (secondary N) is 3. The molecule has 1 atom stereocenters. The maximum Gasteiger partial charge on any atom is 0.296 e. The minimum Gasteiger partial charge on any atom is -0.496 e. The molecule has 30 heavy (non-hydrogen) atoms. The van der Waals surface area contributed by atoms with Gasteiger partial charge < -0.3 is 20.7 Å². The van der Waals surface area contributed by atoms with E-state index in [1.54, 1.807) is 31.2 Å². The van der Waals surface area contributed by atoms with Crippen molar-refractivity contribution in [3.63, 3.8) is 0 Å². The van der Waals surface area contributed by atoms with Crippen LogP contribution in [0.2, 0.25) is 0 Å². The van der Waals surface area contributed by atoms with E-state index in [4.69, 9.17) is 51.8 Å². The van der Waals surface area contributed by atoms with E-state index >= 15 is 0 Å². The molecule has 0 aliphatic rings. The van der Waals surface area contributed by atoms with E-state index in [-0.39, 0.29) is 16.5 Å². The highest BCUT2D eigenvalue weighted by atomic mass is 35.6. The number of nitrogens with zero attached hydrogens (tertiary/aromatic N) is 1. The van der Waals surface area contributed by atoms with Gasteiger partial charge in [-0.25, -0.2) is 0 Å². The van der Waals surface area contributed by atoms with Gasteiger partial charge in [0.15, 0.2) is 5.11 Å². The smallest absolute Gasteiger partial charge is 0.296 e. The van der Waals surface area contributed by atoms with Crippen LogP contribution < -0.4 is 20.7 Å². The maximum absolute atomic E-state index is 12.6. The second kappa shape index (κ2) is 10.1. The molecule has 12 heteroatoms. The number of aryl methyl sites for hydroxylation is 1. The third-order valence-electron chi connectivity index (χ3n) is 3.92. The molecule has 0 fully saturated rings. The fourth-order valence-corrected chi connectivity index (χ4v) is 2.98. The Morgan fingerprint density at radius 2 is 1.87 bits per heavy atom. The van der Waals surface area contributed by atoms with Gasteiger partial charge in [-0.3, -0.25) is 14.9 Å². The summed E-state index contributed by atoms with van der Waals surface area (Å²) in [5.41, 5.74) is 0.940. The Morgan fingerprint density at radius 1 is 1.20 bits per heavy atom. The third-order valence-corrected chi connectivity index (χ3v) is 4.79. The minimum atomic E-state index is -1.98. The highest BCUT2D eigenvalue weighted by Gasteiger charge is 2.35. The van der Waals surface area contributed by atoms with E-state index in [9.17, 15) is 14.9 Å². The van der Waals surface area contributed by atoms with E-state index in [1.807, 2.05) is 0 Å². The molecule has 0 saturated carbocycles. The Kier molecular flexibility index (Phi) is 8.08. The highest BCUT2D eigenvalue weighted by Crippen LogP contribution is 2.31. The summed E-state index contributed by atoms with van der Waals surface area (Å²) in [5, 5.41) is 19.1. The first-order valence-corrected chi connectivity index (χ1v) is 9.90. The second-order valence-electron chi connectivity index (χ2n) is 6.00. The number of amides is 1. The number of alkyl halides is 3. The van der Waals surface area contributed by atoms with Gasteiger partial charge in [-0.15, -0.1) is 0 Å². The Hall–Kier alpha value is -2.33. The van der Waals surface area contributed by atoms with Crippen molar-refractivity contribution in [2.75, 3.05) is 12.4 Å². The lowest BCUT2D eigenvalue weighted by Crippen LogP contribution is -2.56. The zero-order valence-electron chi connectivity index (χ0n) is 15.7. The molecule has 0 aliphatic carbocycles. The summed E-state index contributed by atoms with van der Waals surface area (Å²) in [7, 11) is 1.39. The standard InChI is InChI=1S/C18H17Cl3N4O4S/c1-10-5-3-4-6-12(10)15(26)23-16(18(19,20)21)24-17(30)22-13-8-7-11(29-2)9-14(13)25(27)28/h3-9,16H,1-2H3,(H,23,26)(H2,22,24,30)/t16-/m0/s1. The summed E-state index contributed by atoms with van der Waals surface area (Å²) >= 11 is 23.1. The lowest BCUT2D eigenvalue weighted by Gasteiger charge is -2.28. The number of nitro benzene ring substituents is 1. The van der Waals surface area contributed by atoms with Crippen LogP contribution >= 0.6 is 47.0 Å². The van der Waals surface area contributed by atoms with Crippen LogP contribution in [-0.2, 0) is 0 Å². The first kappa shape index (κ1) is 23.9. The number of carbonyl (C=O) groups is 1. The quantitative estimate of drug-likeness (QED) is 0.182. The van der Waals surface area contributed by atoms with Crippen LogP contribution in [0.4, 0.5) is 11.4 Å². The number of carbonyl (C=O) groups excluding carboxylic acids is 1. The van der Waals surface area contributed by atoms with E-state index in [0.717, 1.165) is 5.56 Å². The molecule has 0 bridgehead atoms. The van der Waals surface area contributed by atoms with Gasteiger partial charge >= 0.3 is 0 Å². The van der Waals surface area contributed by atoms with Crippen LogP contribution in [0.25, 0.3) is 0 Å². The zero-order chi connectivity index (χ0) is 22.5. The second-order valence-corrected chi connectivity index (χ2v) is 8.78. The summed E-state index contributed by atoms with van der Waals surface area (Å²) in [6, 6.07) is 11.0. The zero-order valence-corrected chi connectivity index (χ0v) is 18.8. The van der Waals surface area contributed by atoms with E-state index in [1.165, 1.54) is 25.3 Å². The summed E-state index contributed by atoms with van der Waals surface area (Å²) < 4.78 is 3.01. The van der Waals surface area contributed by atoms with Crippen molar-refractivity contribution in [1.82, 2.24) is 10.6 Å². The Labute approximate surface area is 193 Å². The molecule has 0 heterocycles. The van der Waals surface area contributed by atoms with Crippen LogP contribution in [0.3, 0.4) is 0 Å². The van der Waals surface area contributed by atoms with Crippen LogP contribution in [0.5, 0.6) is 5.75 Å². The number of nitro groups is 1. The van der Waals surface area contributed by atoms with Crippen molar-refractivity contribution in [3.8, 4) is 5.75 Å². The SMILES string of the molecule is COc1ccc(NC(=S)N[C@H](NC(=O)c2ccccc2C)C(Cl)(Cl)Cl)c([N+](=O)[O-])c1. The molecule has 160 valence electrons. The molecule has 1 amide bonds.